The molecule has 0 saturated heterocycles. The number of carbonyl (C=O) groups excluding carboxylic acids is 2. The second-order valence-corrected chi connectivity index (χ2v) is 8.02. The number of nitrogens with one attached hydrogen (secondary N) is 1. The van der Waals surface area contributed by atoms with E-state index in [4.69, 9.17) is 9.47 Å². The number of nitrogens with zero attached hydrogens (tertiary/aromatic N) is 1. The van der Waals surface area contributed by atoms with E-state index in [9.17, 15) is 14.4 Å². The fourth-order valence-corrected chi connectivity index (χ4v) is 4.03. The number of aromatic nitrogens is 1. The van der Waals surface area contributed by atoms with Crippen molar-refractivity contribution in [3.63, 3.8) is 0 Å². The standard InChI is InChI=1S/C28H26N2O5/c1-4-23(26(31)29-19-13-10-14-20(17-19)34-3)35-28(33)25-24(18-11-6-5-7-12-18)21-15-8-9-16-22(21)27(32)30(25)2/h5-17,23H,4H2,1-3H3,(H,29,31). The summed E-state index contributed by atoms with van der Waals surface area (Å²) in [5, 5.41) is 3.90. The summed E-state index contributed by atoms with van der Waals surface area (Å²) in [5.74, 6) is -0.630. The zero-order valence-electron chi connectivity index (χ0n) is 19.8. The molecule has 178 valence electrons. The fraction of sp³-hybridized carbons (Fsp3) is 0.179. The van der Waals surface area contributed by atoms with Gasteiger partial charge in [0.2, 0.25) is 0 Å². The summed E-state index contributed by atoms with van der Waals surface area (Å²) in [6.45, 7) is 1.75. The Morgan fingerprint density at radius 2 is 1.63 bits per heavy atom. The SMILES string of the molecule is CCC(OC(=O)c1c(-c2ccccc2)c2ccccc2c(=O)n1C)C(=O)Nc1cccc(OC)c1. The lowest BCUT2D eigenvalue weighted by Crippen LogP contribution is -2.34. The number of methoxy groups -OCH3 is 1. The maximum absolute atomic E-state index is 13.5. The summed E-state index contributed by atoms with van der Waals surface area (Å²) in [7, 11) is 3.07. The summed E-state index contributed by atoms with van der Waals surface area (Å²) in [6, 6.07) is 23.4. The summed E-state index contributed by atoms with van der Waals surface area (Å²) in [6.07, 6.45) is -0.803. The van der Waals surface area contributed by atoms with Gasteiger partial charge in [-0.2, -0.15) is 0 Å². The molecule has 0 radical (unpaired) electrons. The number of esters is 1. The van der Waals surface area contributed by atoms with Crippen molar-refractivity contribution in [3.8, 4) is 16.9 Å². The highest BCUT2D eigenvalue weighted by Crippen LogP contribution is 2.31. The van der Waals surface area contributed by atoms with Gasteiger partial charge in [-0.1, -0.05) is 61.5 Å². The Hall–Kier alpha value is -4.39. The molecule has 1 heterocycles. The van der Waals surface area contributed by atoms with Gasteiger partial charge in [-0.15, -0.1) is 0 Å². The van der Waals surface area contributed by atoms with Gasteiger partial charge in [0, 0.05) is 29.8 Å². The number of hydrogen-bond donors (Lipinski definition) is 1. The molecule has 3 aromatic carbocycles. The topological polar surface area (TPSA) is 86.6 Å². The van der Waals surface area contributed by atoms with Crippen molar-refractivity contribution in [3.05, 3.63) is 94.9 Å². The minimum atomic E-state index is -1.06. The van der Waals surface area contributed by atoms with Gasteiger partial charge in [-0.3, -0.25) is 9.59 Å². The maximum atomic E-state index is 13.5. The Morgan fingerprint density at radius 1 is 0.943 bits per heavy atom. The van der Waals surface area contributed by atoms with Crippen LogP contribution in [0, 0.1) is 0 Å². The molecule has 4 aromatic rings. The number of ether oxygens (including phenoxy) is 2. The number of amides is 1. The first-order chi connectivity index (χ1) is 16.9. The number of benzene rings is 3. The minimum absolute atomic E-state index is 0.0903. The number of carbonyl (C=O) groups is 2. The van der Waals surface area contributed by atoms with Gasteiger partial charge in [0.15, 0.2) is 6.10 Å². The van der Waals surface area contributed by atoms with E-state index in [0.717, 1.165) is 5.56 Å². The lowest BCUT2D eigenvalue weighted by molar-refractivity contribution is -0.124. The molecule has 0 bridgehead atoms. The van der Waals surface area contributed by atoms with Gasteiger partial charge in [0.25, 0.3) is 11.5 Å². The Kier molecular flexibility index (Phi) is 6.96. The Bertz CT molecular complexity index is 1440. The van der Waals surface area contributed by atoms with Gasteiger partial charge >= 0.3 is 5.97 Å². The molecule has 0 spiro atoms. The van der Waals surface area contributed by atoms with E-state index in [1.54, 1.807) is 43.3 Å². The normalized spacial score (nSPS) is 11.6. The number of fused-ring (bicyclic) bond motifs is 1. The van der Waals surface area contributed by atoms with E-state index in [2.05, 4.69) is 5.32 Å². The molecule has 1 atom stereocenters. The van der Waals surface area contributed by atoms with Crippen molar-refractivity contribution in [2.75, 3.05) is 12.4 Å². The van der Waals surface area contributed by atoms with E-state index in [0.29, 0.717) is 27.8 Å². The van der Waals surface area contributed by atoms with E-state index in [-0.39, 0.29) is 17.7 Å². The van der Waals surface area contributed by atoms with Crippen LogP contribution in [0.5, 0.6) is 5.75 Å². The molecule has 7 heteroatoms. The first-order valence-electron chi connectivity index (χ1n) is 11.3. The number of rotatable bonds is 7. The van der Waals surface area contributed by atoms with Crippen LogP contribution in [0.1, 0.15) is 23.8 Å². The van der Waals surface area contributed by atoms with E-state index in [1.165, 1.54) is 18.7 Å². The highest BCUT2D eigenvalue weighted by atomic mass is 16.5. The maximum Gasteiger partial charge on any atom is 0.356 e. The first-order valence-corrected chi connectivity index (χ1v) is 11.3. The van der Waals surface area contributed by atoms with E-state index < -0.39 is 18.0 Å². The molecule has 4 rings (SSSR count). The average Bonchev–Trinajstić information content (AvgIpc) is 2.89. The van der Waals surface area contributed by atoms with Crippen molar-refractivity contribution in [2.24, 2.45) is 7.05 Å². The second kappa shape index (κ2) is 10.3. The van der Waals surface area contributed by atoms with Crippen LogP contribution in [0.4, 0.5) is 5.69 Å². The molecule has 0 fully saturated rings. The quantitative estimate of drug-likeness (QED) is 0.393. The Labute approximate surface area is 202 Å². The Balaban J connectivity index is 1.73. The van der Waals surface area contributed by atoms with Crippen molar-refractivity contribution >= 4 is 28.3 Å². The second-order valence-electron chi connectivity index (χ2n) is 8.02. The number of anilines is 1. The van der Waals surface area contributed by atoms with Crippen molar-refractivity contribution in [1.29, 1.82) is 0 Å². The predicted octanol–water partition coefficient (Wildman–Crippen LogP) is 4.79. The van der Waals surface area contributed by atoms with Crippen LogP contribution >= 0.6 is 0 Å². The monoisotopic (exact) mass is 470 g/mol. The lowest BCUT2D eigenvalue weighted by atomic mass is 9.97. The van der Waals surface area contributed by atoms with Crippen LogP contribution in [0.2, 0.25) is 0 Å². The average molecular weight is 471 g/mol. The molecular formula is C28H26N2O5. The highest BCUT2D eigenvalue weighted by Gasteiger charge is 2.27. The molecule has 0 saturated carbocycles. The predicted molar refractivity (Wildman–Crippen MR) is 136 cm³/mol. The number of hydrogen-bond acceptors (Lipinski definition) is 5. The highest BCUT2D eigenvalue weighted by molar-refractivity contribution is 6.07. The van der Waals surface area contributed by atoms with Crippen LogP contribution < -0.4 is 15.6 Å². The van der Waals surface area contributed by atoms with Crippen LogP contribution in [-0.2, 0) is 16.6 Å². The first kappa shape index (κ1) is 23.8. The van der Waals surface area contributed by atoms with E-state index in [1.807, 2.05) is 42.5 Å². The summed E-state index contributed by atoms with van der Waals surface area (Å²) in [4.78, 5) is 39.5. The van der Waals surface area contributed by atoms with Crippen LogP contribution in [-0.4, -0.2) is 29.7 Å². The zero-order chi connectivity index (χ0) is 24.9. The molecule has 7 nitrogen and oxygen atoms in total. The molecular weight excluding hydrogens is 444 g/mol. The molecule has 0 aliphatic heterocycles. The largest absolute Gasteiger partial charge is 0.497 e. The van der Waals surface area contributed by atoms with Crippen molar-refractivity contribution < 1.29 is 19.1 Å². The van der Waals surface area contributed by atoms with Crippen LogP contribution in [0.15, 0.2) is 83.7 Å². The van der Waals surface area contributed by atoms with Gasteiger partial charge in [0.05, 0.1) is 7.11 Å². The third-order valence-electron chi connectivity index (χ3n) is 5.81. The van der Waals surface area contributed by atoms with Gasteiger partial charge in [0.1, 0.15) is 11.4 Å². The van der Waals surface area contributed by atoms with Gasteiger partial charge < -0.3 is 19.4 Å². The molecule has 1 amide bonds. The van der Waals surface area contributed by atoms with Gasteiger partial charge in [-0.05, 0) is 35.6 Å². The van der Waals surface area contributed by atoms with Crippen molar-refractivity contribution in [1.82, 2.24) is 4.57 Å². The zero-order valence-corrected chi connectivity index (χ0v) is 19.8. The smallest absolute Gasteiger partial charge is 0.356 e. The molecule has 0 aliphatic carbocycles. The van der Waals surface area contributed by atoms with Crippen LogP contribution in [0.3, 0.4) is 0 Å². The third-order valence-corrected chi connectivity index (χ3v) is 5.81. The third kappa shape index (κ3) is 4.80. The molecule has 0 aliphatic rings. The molecule has 35 heavy (non-hydrogen) atoms. The Morgan fingerprint density at radius 3 is 2.31 bits per heavy atom. The number of pyridine rings is 1. The molecule has 1 N–H and O–H groups in total. The van der Waals surface area contributed by atoms with Gasteiger partial charge in [-0.25, -0.2) is 4.79 Å². The molecule has 1 aromatic heterocycles. The lowest BCUT2D eigenvalue weighted by Gasteiger charge is -2.20. The molecule has 1 unspecified atom stereocenters. The van der Waals surface area contributed by atoms with E-state index >= 15 is 0 Å². The van der Waals surface area contributed by atoms with Crippen LogP contribution in [0.25, 0.3) is 21.9 Å². The summed E-state index contributed by atoms with van der Waals surface area (Å²) < 4.78 is 12.2. The van der Waals surface area contributed by atoms with Crippen molar-refractivity contribution in [2.45, 2.75) is 19.4 Å². The minimum Gasteiger partial charge on any atom is -0.497 e. The fourth-order valence-electron chi connectivity index (χ4n) is 4.03. The summed E-state index contributed by atoms with van der Waals surface area (Å²) in [5.41, 5.74) is 1.64. The summed E-state index contributed by atoms with van der Waals surface area (Å²) >= 11 is 0.